The Kier molecular flexibility index (Phi) is 3.68. The highest BCUT2D eigenvalue weighted by molar-refractivity contribution is 9.10. The van der Waals surface area contributed by atoms with Crippen molar-refractivity contribution in [2.24, 2.45) is 0 Å². The van der Waals surface area contributed by atoms with Gasteiger partial charge in [-0.3, -0.25) is 4.79 Å². The van der Waals surface area contributed by atoms with Crippen LogP contribution in [0.15, 0.2) is 10.5 Å². The number of rotatable bonds is 3. The lowest BCUT2D eigenvalue weighted by Gasteiger charge is -1.99. The molecule has 0 radical (unpaired) electrons. The lowest BCUT2D eigenvalue weighted by molar-refractivity contribution is -0.116. The van der Waals surface area contributed by atoms with Crippen LogP contribution in [0.2, 0.25) is 0 Å². The Bertz CT molecular complexity index is 315. The molecule has 72 valence electrons. The molecule has 1 heterocycles. The standard InChI is InChI=1S/C10H13BrOS/c1-6(2)10-9(11)5-8(13-10)4-7(3)12/h5-6H,4H2,1-3H3. The second-order valence-corrected chi connectivity index (χ2v) is 5.48. The summed E-state index contributed by atoms with van der Waals surface area (Å²) in [5, 5.41) is 0. The van der Waals surface area contributed by atoms with Crippen LogP contribution in [0.4, 0.5) is 0 Å². The van der Waals surface area contributed by atoms with E-state index in [-0.39, 0.29) is 5.78 Å². The lowest BCUT2D eigenvalue weighted by atomic mass is 10.2. The van der Waals surface area contributed by atoms with Gasteiger partial charge < -0.3 is 0 Å². The molecule has 13 heavy (non-hydrogen) atoms. The zero-order valence-electron chi connectivity index (χ0n) is 8.06. The third-order valence-corrected chi connectivity index (χ3v) is 4.07. The van der Waals surface area contributed by atoms with Crippen LogP contribution in [0.1, 0.15) is 36.4 Å². The summed E-state index contributed by atoms with van der Waals surface area (Å²) in [5.41, 5.74) is 0. The van der Waals surface area contributed by atoms with Gasteiger partial charge in [0.2, 0.25) is 0 Å². The van der Waals surface area contributed by atoms with Gasteiger partial charge in [-0.2, -0.15) is 0 Å². The number of carbonyl (C=O) groups excluding carboxylic acids is 1. The second kappa shape index (κ2) is 4.38. The van der Waals surface area contributed by atoms with Gasteiger partial charge >= 0.3 is 0 Å². The van der Waals surface area contributed by atoms with Crippen molar-refractivity contribution in [3.8, 4) is 0 Å². The van der Waals surface area contributed by atoms with Gasteiger partial charge in [-0.15, -0.1) is 11.3 Å². The lowest BCUT2D eigenvalue weighted by Crippen LogP contribution is -1.92. The Morgan fingerprint density at radius 3 is 2.62 bits per heavy atom. The topological polar surface area (TPSA) is 17.1 Å². The summed E-state index contributed by atoms with van der Waals surface area (Å²) in [7, 11) is 0. The second-order valence-electron chi connectivity index (χ2n) is 3.46. The van der Waals surface area contributed by atoms with E-state index in [1.165, 1.54) is 4.88 Å². The maximum absolute atomic E-state index is 10.9. The molecule has 0 aliphatic carbocycles. The van der Waals surface area contributed by atoms with E-state index < -0.39 is 0 Å². The fourth-order valence-corrected chi connectivity index (χ4v) is 3.41. The molecule has 0 bridgehead atoms. The number of ketones is 1. The van der Waals surface area contributed by atoms with Gasteiger partial charge in [0, 0.05) is 20.6 Å². The molecule has 0 fully saturated rings. The number of halogens is 1. The predicted molar refractivity (Wildman–Crippen MR) is 60.5 cm³/mol. The van der Waals surface area contributed by atoms with Crippen molar-refractivity contribution in [3.05, 3.63) is 20.3 Å². The van der Waals surface area contributed by atoms with Crippen molar-refractivity contribution < 1.29 is 4.79 Å². The van der Waals surface area contributed by atoms with Crippen LogP contribution >= 0.6 is 27.3 Å². The molecule has 0 spiro atoms. The molecule has 1 nitrogen and oxygen atoms in total. The minimum atomic E-state index is 0.226. The summed E-state index contributed by atoms with van der Waals surface area (Å²) in [4.78, 5) is 13.4. The smallest absolute Gasteiger partial charge is 0.135 e. The summed E-state index contributed by atoms with van der Waals surface area (Å²) in [6.07, 6.45) is 0.565. The van der Waals surface area contributed by atoms with E-state index in [0.717, 1.165) is 9.35 Å². The summed E-state index contributed by atoms with van der Waals surface area (Å²) in [6.45, 7) is 5.95. The normalized spacial score (nSPS) is 10.8. The fraction of sp³-hybridized carbons (Fsp3) is 0.500. The predicted octanol–water partition coefficient (Wildman–Crippen LogP) is 3.77. The monoisotopic (exact) mass is 260 g/mol. The maximum Gasteiger partial charge on any atom is 0.135 e. The van der Waals surface area contributed by atoms with E-state index in [9.17, 15) is 4.79 Å². The number of hydrogen-bond donors (Lipinski definition) is 0. The average Bonchev–Trinajstić information content (AvgIpc) is 2.29. The molecule has 1 aromatic heterocycles. The Labute approximate surface area is 91.3 Å². The molecule has 0 unspecified atom stereocenters. The minimum Gasteiger partial charge on any atom is -0.300 e. The Hall–Kier alpha value is -0.150. The molecule has 0 atom stereocenters. The van der Waals surface area contributed by atoms with Gasteiger partial charge in [0.25, 0.3) is 0 Å². The van der Waals surface area contributed by atoms with Gasteiger partial charge in [0.15, 0.2) is 0 Å². The molecular weight excluding hydrogens is 248 g/mol. The Balaban J connectivity index is 2.88. The third-order valence-electron chi connectivity index (χ3n) is 1.71. The van der Waals surface area contributed by atoms with Crippen molar-refractivity contribution in [1.82, 2.24) is 0 Å². The number of carbonyl (C=O) groups is 1. The highest BCUT2D eigenvalue weighted by Gasteiger charge is 2.10. The van der Waals surface area contributed by atoms with Crippen molar-refractivity contribution in [2.45, 2.75) is 33.1 Å². The highest BCUT2D eigenvalue weighted by Crippen LogP contribution is 2.33. The van der Waals surface area contributed by atoms with Crippen LogP contribution in [0.25, 0.3) is 0 Å². The third kappa shape index (κ3) is 2.92. The molecule has 0 saturated heterocycles. The first-order chi connectivity index (χ1) is 6.00. The summed E-state index contributed by atoms with van der Waals surface area (Å²) >= 11 is 5.23. The summed E-state index contributed by atoms with van der Waals surface area (Å²) in [5.74, 6) is 0.754. The summed E-state index contributed by atoms with van der Waals surface area (Å²) in [6, 6.07) is 2.06. The molecule has 0 aliphatic heterocycles. The first kappa shape index (κ1) is 10.9. The summed E-state index contributed by atoms with van der Waals surface area (Å²) < 4.78 is 1.14. The maximum atomic E-state index is 10.9. The first-order valence-corrected chi connectivity index (χ1v) is 5.89. The number of Topliss-reactive ketones (excluding diaryl/α,β-unsaturated/α-hetero) is 1. The van der Waals surface area contributed by atoms with Crippen LogP contribution in [-0.2, 0) is 11.2 Å². The van der Waals surface area contributed by atoms with Gasteiger partial charge in [-0.05, 0) is 34.8 Å². The van der Waals surface area contributed by atoms with E-state index in [1.54, 1.807) is 18.3 Å². The van der Waals surface area contributed by atoms with Crippen LogP contribution in [0.3, 0.4) is 0 Å². The highest BCUT2D eigenvalue weighted by atomic mass is 79.9. The molecule has 0 aromatic carbocycles. The minimum absolute atomic E-state index is 0.226. The molecule has 0 aliphatic rings. The van der Waals surface area contributed by atoms with Crippen LogP contribution in [0.5, 0.6) is 0 Å². The molecule has 0 N–H and O–H groups in total. The number of thiophene rings is 1. The molecule has 3 heteroatoms. The Morgan fingerprint density at radius 1 is 1.62 bits per heavy atom. The van der Waals surface area contributed by atoms with Gasteiger partial charge in [-0.25, -0.2) is 0 Å². The van der Waals surface area contributed by atoms with Crippen molar-refractivity contribution in [2.75, 3.05) is 0 Å². The molecule has 0 amide bonds. The van der Waals surface area contributed by atoms with E-state index in [4.69, 9.17) is 0 Å². The molecule has 0 saturated carbocycles. The van der Waals surface area contributed by atoms with Crippen LogP contribution in [-0.4, -0.2) is 5.78 Å². The molecular formula is C10H13BrOS. The molecule has 1 rings (SSSR count). The van der Waals surface area contributed by atoms with E-state index in [2.05, 4.69) is 35.8 Å². The zero-order valence-corrected chi connectivity index (χ0v) is 10.5. The quantitative estimate of drug-likeness (QED) is 0.809. The van der Waals surface area contributed by atoms with E-state index in [1.807, 2.05) is 0 Å². The van der Waals surface area contributed by atoms with Gasteiger partial charge in [-0.1, -0.05) is 13.8 Å². The first-order valence-electron chi connectivity index (χ1n) is 4.28. The van der Waals surface area contributed by atoms with Crippen LogP contribution in [0, 0.1) is 0 Å². The zero-order chi connectivity index (χ0) is 10.0. The molecule has 1 aromatic rings. The van der Waals surface area contributed by atoms with E-state index in [0.29, 0.717) is 12.3 Å². The SMILES string of the molecule is CC(=O)Cc1cc(Br)c(C(C)C)s1. The van der Waals surface area contributed by atoms with Gasteiger partial charge in [0.05, 0.1) is 0 Å². The number of hydrogen-bond acceptors (Lipinski definition) is 2. The van der Waals surface area contributed by atoms with Crippen LogP contribution < -0.4 is 0 Å². The average molecular weight is 261 g/mol. The van der Waals surface area contributed by atoms with Crippen molar-refractivity contribution in [1.29, 1.82) is 0 Å². The Morgan fingerprint density at radius 2 is 2.23 bits per heavy atom. The van der Waals surface area contributed by atoms with Crippen molar-refractivity contribution >= 4 is 33.0 Å². The fourth-order valence-electron chi connectivity index (χ4n) is 1.16. The van der Waals surface area contributed by atoms with Crippen molar-refractivity contribution in [3.63, 3.8) is 0 Å². The van der Waals surface area contributed by atoms with Gasteiger partial charge in [0.1, 0.15) is 5.78 Å². The van der Waals surface area contributed by atoms with E-state index >= 15 is 0 Å². The largest absolute Gasteiger partial charge is 0.300 e.